The zero-order valence-corrected chi connectivity index (χ0v) is 17.3. The third-order valence-electron chi connectivity index (χ3n) is 5.25. The first kappa shape index (κ1) is 20.1. The van der Waals surface area contributed by atoms with Gasteiger partial charge in [0.25, 0.3) is 0 Å². The first-order chi connectivity index (χ1) is 14.5. The minimum Gasteiger partial charge on any atom is -0.361 e. The topological polar surface area (TPSA) is 79.0 Å². The number of H-pyrrole nitrogens is 1. The second kappa shape index (κ2) is 8.26. The van der Waals surface area contributed by atoms with E-state index in [1.165, 1.54) is 31.2 Å². The Morgan fingerprint density at radius 3 is 2.30 bits per heavy atom. The molecular formula is C24H22N2O3S. The summed E-state index contributed by atoms with van der Waals surface area (Å²) >= 11 is 0. The number of para-hydroxylation sites is 1. The zero-order valence-electron chi connectivity index (χ0n) is 16.5. The average molecular weight is 419 g/mol. The molecule has 3 aromatic carbocycles. The van der Waals surface area contributed by atoms with E-state index in [4.69, 9.17) is 0 Å². The number of fused-ring (bicyclic) bond motifs is 1. The highest BCUT2D eigenvalue weighted by Gasteiger charge is 2.22. The van der Waals surface area contributed by atoms with E-state index in [2.05, 4.69) is 9.71 Å². The predicted octanol–water partition coefficient (Wildman–Crippen LogP) is 4.48. The van der Waals surface area contributed by atoms with Crippen LogP contribution in [0.25, 0.3) is 10.9 Å². The summed E-state index contributed by atoms with van der Waals surface area (Å²) in [4.78, 5) is 14.9. The van der Waals surface area contributed by atoms with Gasteiger partial charge >= 0.3 is 0 Å². The van der Waals surface area contributed by atoms with Gasteiger partial charge in [-0.05, 0) is 36.2 Å². The van der Waals surface area contributed by atoms with Crippen LogP contribution in [0.2, 0.25) is 0 Å². The second-order valence-electron chi connectivity index (χ2n) is 7.19. The van der Waals surface area contributed by atoms with Gasteiger partial charge in [-0.3, -0.25) is 4.79 Å². The number of Topliss-reactive ketones (excluding diaryl/α,β-unsaturated/α-hetero) is 1. The normalized spacial score (nSPS) is 12.7. The van der Waals surface area contributed by atoms with E-state index in [1.807, 2.05) is 60.8 Å². The summed E-state index contributed by atoms with van der Waals surface area (Å²) in [6, 6.07) is 23.8. The van der Waals surface area contributed by atoms with Gasteiger partial charge in [0.1, 0.15) is 0 Å². The van der Waals surface area contributed by atoms with Crippen molar-refractivity contribution in [2.24, 2.45) is 0 Å². The molecule has 6 heteroatoms. The van der Waals surface area contributed by atoms with Crippen LogP contribution >= 0.6 is 0 Å². The van der Waals surface area contributed by atoms with Crippen molar-refractivity contribution in [1.29, 1.82) is 0 Å². The highest BCUT2D eigenvalue weighted by atomic mass is 32.2. The number of aromatic amines is 1. The quantitative estimate of drug-likeness (QED) is 0.434. The van der Waals surface area contributed by atoms with Crippen LogP contribution in [-0.4, -0.2) is 25.7 Å². The lowest BCUT2D eigenvalue weighted by Crippen LogP contribution is -2.29. The smallest absolute Gasteiger partial charge is 0.240 e. The van der Waals surface area contributed by atoms with E-state index in [1.54, 1.807) is 0 Å². The van der Waals surface area contributed by atoms with Crippen LogP contribution in [0.15, 0.2) is 90.0 Å². The summed E-state index contributed by atoms with van der Waals surface area (Å²) in [7, 11) is -3.72. The van der Waals surface area contributed by atoms with E-state index in [0.717, 1.165) is 22.0 Å². The third kappa shape index (κ3) is 4.06. The maximum atomic E-state index is 12.9. The molecule has 4 aromatic rings. The third-order valence-corrected chi connectivity index (χ3v) is 6.69. The molecule has 4 rings (SSSR count). The van der Waals surface area contributed by atoms with Gasteiger partial charge in [0.15, 0.2) is 5.78 Å². The summed E-state index contributed by atoms with van der Waals surface area (Å²) in [6.07, 6.45) is 1.94. The predicted molar refractivity (Wildman–Crippen MR) is 118 cm³/mol. The summed E-state index contributed by atoms with van der Waals surface area (Å²) in [6.45, 7) is 1.66. The maximum absolute atomic E-state index is 12.9. The number of ketones is 1. The van der Waals surface area contributed by atoms with Gasteiger partial charge in [0, 0.05) is 35.1 Å². The van der Waals surface area contributed by atoms with E-state index < -0.39 is 10.0 Å². The molecule has 0 fully saturated rings. The SMILES string of the molecule is CC(=O)c1ccc(S(=O)(=O)NC[C@@H](c2ccccc2)c2c[nH]c3ccccc23)cc1. The van der Waals surface area contributed by atoms with Crippen molar-refractivity contribution in [3.05, 3.63) is 102 Å². The summed E-state index contributed by atoms with van der Waals surface area (Å²) in [5.41, 5.74) is 3.55. The van der Waals surface area contributed by atoms with Crippen molar-refractivity contribution in [3.63, 3.8) is 0 Å². The van der Waals surface area contributed by atoms with Crippen molar-refractivity contribution in [1.82, 2.24) is 9.71 Å². The van der Waals surface area contributed by atoms with E-state index in [9.17, 15) is 13.2 Å². The van der Waals surface area contributed by atoms with Crippen molar-refractivity contribution < 1.29 is 13.2 Å². The van der Waals surface area contributed by atoms with E-state index >= 15 is 0 Å². The lowest BCUT2D eigenvalue weighted by atomic mass is 9.91. The Hall–Kier alpha value is -3.22. The Morgan fingerprint density at radius 2 is 1.60 bits per heavy atom. The van der Waals surface area contributed by atoms with Gasteiger partial charge in [0.05, 0.1) is 4.90 Å². The van der Waals surface area contributed by atoms with Crippen molar-refractivity contribution in [3.8, 4) is 0 Å². The Kier molecular flexibility index (Phi) is 5.53. The molecule has 1 aromatic heterocycles. The Labute approximate surface area is 175 Å². The van der Waals surface area contributed by atoms with Gasteiger partial charge < -0.3 is 4.98 Å². The van der Waals surface area contributed by atoms with Crippen LogP contribution in [-0.2, 0) is 10.0 Å². The number of aromatic nitrogens is 1. The number of carbonyl (C=O) groups excluding carboxylic acids is 1. The highest BCUT2D eigenvalue weighted by Crippen LogP contribution is 2.30. The van der Waals surface area contributed by atoms with Crippen LogP contribution < -0.4 is 4.72 Å². The number of rotatable bonds is 7. The molecule has 0 unspecified atom stereocenters. The molecule has 0 saturated heterocycles. The molecule has 1 atom stereocenters. The van der Waals surface area contributed by atoms with Crippen LogP contribution in [0.1, 0.15) is 34.3 Å². The maximum Gasteiger partial charge on any atom is 0.240 e. The first-order valence-electron chi connectivity index (χ1n) is 9.67. The highest BCUT2D eigenvalue weighted by molar-refractivity contribution is 7.89. The number of hydrogen-bond donors (Lipinski definition) is 2. The molecule has 0 aliphatic rings. The van der Waals surface area contributed by atoms with Crippen molar-refractivity contribution in [2.75, 3.05) is 6.54 Å². The van der Waals surface area contributed by atoms with Crippen LogP contribution in [0, 0.1) is 0 Å². The Bertz CT molecular complexity index is 1280. The van der Waals surface area contributed by atoms with Crippen molar-refractivity contribution in [2.45, 2.75) is 17.7 Å². The molecule has 0 saturated carbocycles. The summed E-state index contributed by atoms with van der Waals surface area (Å²) in [5, 5.41) is 1.07. The lowest BCUT2D eigenvalue weighted by Gasteiger charge is -2.18. The summed E-state index contributed by atoms with van der Waals surface area (Å²) in [5.74, 6) is -0.260. The largest absolute Gasteiger partial charge is 0.361 e. The summed E-state index contributed by atoms with van der Waals surface area (Å²) < 4.78 is 28.5. The van der Waals surface area contributed by atoms with Gasteiger partial charge in [-0.25, -0.2) is 13.1 Å². The minimum absolute atomic E-state index is 0.101. The first-order valence-corrected chi connectivity index (χ1v) is 11.2. The van der Waals surface area contributed by atoms with E-state index in [-0.39, 0.29) is 23.1 Å². The Morgan fingerprint density at radius 1 is 0.933 bits per heavy atom. The van der Waals surface area contributed by atoms with Crippen LogP contribution in [0.3, 0.4) is 0 Å². The average Bonchev–Trinajstić information content (AvgIpc) is 3.19. The standard InChI is InChI=1S/C24H22N2O3S/c1-17(27)18-11-13-20(14-12-18)30(28,29)26-16-22(19-7-3-2-4-8-19)23-15-25-24-10-6-5-9-21(23)24/h2-15,22,25-26H,16H2,1H3/t22-/m0/s1. The van der Waals surface area contributed by atoms with Gasteiger partial charge in [-0.1, -0.05) is 60.7 Å². The molecule has 0 amide bonds. The molecule has 5 nitrogen and oxygen atoms in total. The second-order valence-corrected chi connectivity index (χ2v) is 8.95. The number of benzene rings is 3. The molecule has 152 valence electrons. The minimum atomic E-state index is -3.72. The Balaban J connectivity index is 1.65. The fourth-order valence-corrected chi connectivity index (χ4v) is 4.67. The molecular weight excluding hydrogens is 396 g/mol. The fourth-order valence-electron chi connectivity index (χ4n) is 3.62. The fraction of sp³-hybridized carbons (Fsp3) is 0.125. The van der Waals surface area contributed by atoms with Gasteiger partial charge in [-0.15, -0.1) is 0 Å². The number of hydrogen-bond acceptors (Lipinski definition) is 3. The molecule has 0 spiro atoms. The zero-order chi connectivity index (χ0) is 21.1. The molecule has 0 bridgehead atoms. The van der Waals surface area contributed by atoms with Gasteiger partial charge in [0.2, 0.25) is 10.0 Å². The molecule has 30 heavy (non-hydrogen) atoms. The molecule has 0 radical (unpaired) electrons. The monoisotopic (exact) mass is 418 g/mol. The molecule has 1 heterocycles. The molecule has 2 N–H and O–H groups in total. The van der Waals surface area contributed by atoms with E-state index in [0.29, 0.717) is 5.56 Å². The number of carbonyl (C=O) groups is 1. The van der Waals surface area contributed by atoms with Crippen LogP contribution in [0.5, 0.6) is 0 Å². The van der Waals surface area contributed by atoms with Crippen molar-refractivity contribution >= 4 is 26.7 Å². The molecule has 0 aliphatic carbocycles. The molecule has 0 aliphatic heterocycles. The lowest BCUT2D eigenvalue weighted by molar-refractivity contribution is 0.101. The number of sulfonamides is 1. The number of nitrogens with one attached hydrogen (secondary N) is 2. The van der Waals surface area contributed by atoms with Gasteiger partial charge in [-0.2, -0.15) is 0 Å². The van der Waals surface area contributed by atoms with Crippen LogP contribution in [0.4, 0.5) is 0 Å².